The zero-order valence-electron chi connectivity index (χ0n) is 13.0. The molecule has 0 aliphatic carbocycles. The van der Waals surface area contributed by atoms with E-state index < -0.39 is 15.3 Å². The molecule has 23 heavy (non-hydrogen) atoms. The molecule has 0 amide bonds. The molecule has 1 aliphatic rings. The van der Waals surface area contributed by atoms with Crippen molar-refractivity contribution in [1.29, 1.82) is 0 Å². The molecule has 0 N–H and O–H groups in total. The molecule has 0 saturated carbocycles. The van der Waals surface area contributed by atoms with Crippen LogP contribution in [0.15, 0.2) is 30.7 Å². The summed E-state index contributed by atoms with van der Waals surface area (Å²) in [5, 5.41) is 3.82. The number of fused-ring (bicyclic) bond motifs is 1. The van der Waals surface area contributed by atoms with Crippen molar-refractivity contribution < 1.29 is 13.2 Å². The smallest absolute Gasteiger partial charge is 0.316 e. The van der Waals surface area contributed by atoms with Gasteiger partial charge in [0.25, 0.3) is 0 Å². The van der Waals surface area contributed by atoms with Crippen LogP contribution in [0, 0.1) is 0 Å². The topological polar surface area (TPSA) is 90.2 Å². The molecule has 2 aromatic heterocycles. The number of hydrogen-bond acceptors (Lipinski definition) is 6. The first-order valence-electron chi connectivity index (χ1n) is 7.39. The molecule has 9 heteroatoms. The lowest BCUT2D eigenvalue weighted by molar-refractivity contribution is 0.173. The van der Waals surface area contributed by atoms with Crippen molar-refractivity contribution in [1.82, 2.24) is 24.1 Å². The molecule has 124 valence electrons. The van der Waals surface area contributed by atoms with Crippen LogP contribution in [0.1, 0.15) is 25.6 Å². The minimum Gasteiger partial charge on any atom is -0.461 e. The van der Waals surface area contributed by atoms with E-state index in [4.69, 9.17) is 4.74 Å². The molecular weight excluding hydrogens is 318 g/mol. The number of hydrogen-bond donors (Lipinski definition) is 0. The Hall–Kier alpha value is -2.00. The van der Waals surface area contributed by atoms with E-state index in [1.54, 1.807) is 38.5 Å². The summed E-state index contributed by atoms with van der Waals surface area (Å²) in [6.07, 6.45) is 4.86. The summed E-state index contributed by atoms with van der Waals surface area (Å²) in [6, 6.07) is 3.58. The molecule has 0 spiro atoms. The Bertz CT molecular complexity index is 760. The third-order valence-electron chi connectivity index (χ3n) is 3.75. The van der Waals surface area contributed by atoms with Gasteiger partial charge >= 0.3 is 6.01 Å². The molecule has 8 nitrogen and oxygen atoms in total. The van der Waals surface area contributed by atoms with Gasteiger partial charge in [0.1, 0.15) is 12.6 Å². The summed E-state index contributed by atoms with van der Waals surface area (Å²) in [5.41, 5.74) is 0.850. The van der Waals surface area contributed by atoms with Crippen molar-refractivity contribution in [2.75, 3.05) is 13.2 Å². The zero-order chi connectivity index (χ0) is 16.4. The van der Waals surface area contributed by atoms with E-state index in [1.165, 1.54) is 4.31 Å². The summed E-state index contributed by atoms with van der Waals surface area (Å²) in [6.45, 7) is 4.28. The van der Waals surface area contributed by atoms with E-state index in [-0.39, 0.29) is 18.7 Å². The van der Waals surface area contributed by atoms with Crippen LogP contribution in [0.3, 0.4) is 0 Å². The largest absolute Gasteiger partial charge is 0.461 e. The first-order chi connectivity index (χ1) is 11.0. The minimum atomic E-state index is -3.33. The molecule has 1 aliphatic heterocycles. The molecule has 3 heterocycles. The van der Waals surface area contributed by atoms with Crippen LogP contribution in [-0.2, 0) is 16.6 Å². The van der Waals surface area contributed by atoms with Gasteiger partial charge in [0.15, 0.2) is 0 Å². The van der Waals surface area contributed by atoms with Gasteiger partial charge in [-0.3, -0.25) is 4.68 Å². The predicted octanol–water partition coefficient (Wildman–Crippen LogP) is 0.847. The average molecular weight is 337 g/mol. The van der Waals surface area contributed by atoms with Gasteiger partial charge in [0.05, 0.1) is 17.5 Å². The van der Waals surface area contributed by atoms with Crippen molar-refractivity contribution in [3.8, 4) is 6.01 Å². The molecule has 0 aromatic carbocycles. The van der Waals surface area contributed by atoms with Crippen LogP contribution < -0.4 is 4.74 Å². The number of aromatic nitrogens is 4. The van der Waals surface area contributed by atoms with Crippen molar-refractivity contribution in [2.45, 2.75) is 31.7 Å². The molecular formula is C14H19N5O3S. The summed E-state index contributed by atoms with van der Waals surface area (Å²) >= 11 is 0. The molecule has 0 fully saturated rings. The number of sulfonamides is 1. The molecule has 0 bridgehead atoms. The van der Waals surface area contributed by atoms with Crippen LogP contribution in [0.5, 0.6) is 6.01 Å². The zero-order valence-corrected chi connectivity index (χ0v) is 13.8. The second-order valence-electron chi connectivity index (χ2n) is 5.65. The maximum Gasteiger partial charge on any atom is 0.316 e. The van der Waals surface area contributed by atoms with Gasteiger partial charge in [-0.15, -0.1) is 0 Å². The fourth-order valence-corrected chi connectivity index (χ4v) is 3.79. The van der Waals surface area contributed by atoms with Crippen LogP contribution in [-0.4, -0.2) is 50.9 Å². The Morgan fingerprint density at radius 2 is 2.04 bits per heavy atom. The average Bonchev–Trinajstić information content (AvgIpc) is 3.02. The quantitative estimate of drug-likeness (QED) is 0.803. The third kappa shape index (κ3) is 3.20. The Balaban J connectivity index is 1.79. The van der Waals surface area contributed by atoms with E-state index in [1.807, 2.05) is 10.7 Å². The van der Waals surface area contributed by atoms with E-state index >= 15 is 0 Å². The van der Waals surface area contributed by atoms with Crippen LogP contribution in [0.2, 0.25) is 0 Å². The number of nitrogens with zero attached hydrogens (tertiary/aromatic N) is 5. The lowest BCUT2D eigenvalue weighted by atomic mass is 10.2. The highest BCUT2D eigenvalue weighted by Crippen LogP contribution is 2.24. The van der Waals surface area contributed by atoms with Gasteiger partial charge in [0, 0.05) is 25.1 Å². The standard InChI is InChI=1S/C14H19N5O3S/c1-11(2)23(20,21)18-8-12-4-7-17-19(12)13(9-18)10-22-14-15-5-3-6-16-14/h3-7,11,13H,8-10H2,1-2H3. The summed E-state index contributed by atoms with van der Waals surface area (Å²) < 4.78 is 33.8. The second-order valence-corrected chi connectivity index (χ2v) is 8.14. The Labute approximate surface area is 135 Å². The predicted molar refractivity (Wildman–Crippen MR) is 83.3 cm³/mol. The van der Waals surface area contributed by atoms with Gasteiger partial charge in [-0.25, -0.2) is 18.4 Å². The maximum absolute atomic E-state index is 12.5. The van der Waals surface area contributed by atoms with Gasteiger partial charge < -0.3 is 4.74 Å². The SMILES string of the molecule is CC(C)S(=O)(=O)N1Cc2ccnn2C(COc2ncccn2)C1. The summed E-state index contributed by atoms with van der Waals surface area (Å²) in [5.74, 6) is 0. The lowest BCUT2D eigenvalue weighted by Gasteiger charge is -2.33. The normalized spacial score (nSPS) is 18.8. The maximum atomic E-state index is 12.5. The lowest BCUT2D eigenvalue weighted by Crippen LogP contribution is -2.45. The van der Waals surface area contributed by atoms with Crippen molar-refractivity contribution in [2.24, 2.45) is 0 Å². The van der Waals surface area contributed by atoms with Crippen LogP contribution >= 0.6 is 0 Å². The van der Waals surface area contributed by atoms with E-state index in [9.17, 15) is 8.42 Å². The Morgan fingerprint density at radius 3 is 2.74 bits per heavy atom. The van der Waals surface area contributed by atoms with Crippen LogP contribution in [0.25, 0.3) is 0 Å². The minimum absolute atomic E-state index is 0.217. The molecule has 1 unspecified atom stereocenters. The molecule has 0 radical (unpaired) electrons. The first-order valence-corrected chi connectivity index (χ1v) is 8.90. The van der Waals surface area contributed by atoms with Gasteiger partial charge in [0.2, 0.25) is 10.0 Å². The Kier molecular flexibility index (Phi) is 4.31. The number of ether oxygens (including phenoxy) is 1. The molecule has 3 rings (SSSR count). The summed E-state index contributed by atoms with van der Waals surface area (Å²) in [7, 11) is -3.33. The third-order valence-corrected chi connectivity index (χ3v) is 5.94. The molecule has 1 atom stereocenters. The van der Waals surface area contributed by atoms with E-state index in [0.29, 0.717) is 13.1 Å². The monoisotopic (exact) mass is 337 g/mol. The van der Waals surface area contributed by atoms with E-state index in [0.717, 1.165) is 5.69 Å². The number of rotatable bonds is 5. The molecule has 2 aromatic rings. The molecule has 0 saturated heterocycles. The van der Waals surface area contributed by atoms with Gasteiger partial charge in [-0.2, -0.15) is 9.40 Å². The highest BCUT2D eigenvalue weighted by Gasteiger charge is 2.34. The first kappa shape index (κ1) is 15.9. The van der Waals surface area contributed by atoms with Crippen molar-refractivity contribution in [3.63, 3.8) is 0 Å². The highest BCUT2D eigenvalue weighted by molar-refractivity contribution is 7.89. The summed E-state index contributed by atoms with van der Waals surface area (Å²) in [4.78, 5) is 8.02. The fourth-order valence-electron chi connectivity index (χ4n) is 2.50. The van der Waals surface area contributed by atoms with Gasteiger partial charge in [-0.05, 0) is 26.0 Å². The highest BCUT2D eigenvalue weighted by atomic mass is 32.2. The van der Waals surface area contributed by atoms with Gasteiger partial charge in [-0.1, -0.05) is 0 Å². The second kappa shape index (κ2) is 6.25. The fraction of sp³-hybridized carbons (Fsp3) is 0.500. The van der Waals surface area contributed by atoms with Crippen LogP contribution in [0.4, 0.5) is 0 Å². The van der Waals surface area contributed by atoms with Crippen molar-refractivity contribution in [3.05, 3.63) is 36.4 Å². The van der Waals surface area contributed by atoms with E-state index in [2.05, 4.69) is 15.1 Å². The Morgan fingerprint density at radius 1 is 1.30 bits per heavy atom. The van der Waals surface area contributed by atoms with Crippen molar-refractivity contribution >= 4 is 10.0 Å².